The summed E-state index contributed by atoms with van der Waals surface area (Å²) < 4.78 is 6.80. The molecule has 1 aliphatic rings. The Morgan fingerprint density at radius 2 is 2.06 bits per heavy atom. The van der Waals surface area contributed by atoms with E-state index in [-0.39, 0.29) is 12.0 Å². The predicted octanol–water partition coefficient (Wildman–Crippen LogP) is 3.98. The molecular formula is C11H10Br2ClNO2. The maximum absolute atomic E-state index is 11.9. The molecule has 1 fully saturated rings. The molecule has 1 heterocycles. The minimum atomic E-state index is -0.343. The summed E-state index contributed by atoms with van der Waals surface area (Å²) in [6, 6.07) is 3.47. The quantitative estimate of drug-likeness (QED) is 0.839. The van der Waals surface area contributed by atoms with E-state index in [2.05, 4.69) is 37.2 Å². The number of amides is 1. The van der Waals surface area contributed by atoms with E-state index in [0.29, 0.717) is 17.3 Å². The Hall–Kier alpha value is -0.100. The molecule has 2 rings (SSSR count). The number of carbonyl (C=O) groups excluding carboxylic acids is 1. The fourth-order valence-corrected chi connectivity index (χ4v) is 3.52. The topological polar surface area (TPSA) is 38.3 Å². The normalized spacial score (nSPS) is 19.4. The fourth-order valence-electron chi connectivity index (χ4n) is 1.65. The second-order valence-corrected chi connectivity index (χ2v) is 5.88. The number of benzene rings is 1. The number of anilines is 1. The van der Waals surface area contributed by atoms with Crippen LogP contribution in [0.25, 0.3) is 0 Å². The summed E-state index contributed by atoms with van der Waals surface area (Å²) in [6.45, 7) is 0.654. The zero-order chi connectivity index (χ0) is 12.4. The van der Waals surface area contributed by atoms with E-state index in [1.165, 1.54) is 0 Å². The summed E-state index contributed by atoms with van der Waals surface area (Å²) >= 11 is 12.6. The first kappa shape index (κ1) is 13.3. The molecule has 0 saturated carbocycles. The molecule has 0 unspecified atom stereocenters. The van der Waals surface area contributed by atoms with Crippen LogP contribution in [0.1, 0.15) is 12.8 Å². The van der Waals surface area contributed by atoms with Crippen LogP contribution in [0.2, 0.25) is 5.02 Å². The van der Waals surface area contributed by atoms with Crippen LogP contribution in [0.15, 0.2) is 21.1 Å². The predicted molar refractivity (Wildman–Crippen MR) is 74.5 cm³/mol. The van der Waals surface area contributed by atoms with Crippen LogP contribution in [0.5, 0.6) is 0 Å². The third-order valence-electron chi connectivity index (χ3n) is 2.48. The lowest BCUT2D eigenvalue weighted by Gasteiger charge is -2.13. The van der Waals surface area contributed by atoms with Gasteiger partial charge in [-0.2, -0.15) is 0 Å². The van der Waals surface area contributed by atoms with Gasteiger partial charge in [0, 0.05) is 20.6 Å². The Bertz CT molecular complexity index is 424. The van der Waals surface area contributed by atoms with Crippen molar-refractivity contribution in [2.75, 3.05) is 11.9 Å². The van der Waals surface area contributed by atoms with Gasteiger partial charge in [0.2, 0.25) is 0 Å². The molecule has 0 radical (unpaired) electrons. The Morgan fingerprint density at radius 3 is 2.59 bits per heavy atom. The minimum absolute atomic E-state index is 0.119. The number of carbonyl (C=O) groups is 1. The van der Waals surface area contributed by atoms with Gasteiger partial charge in [0.25, 0.3) is 5.91 Å². The molecule has 6 heteroatoms. The molecule has 3 nitrogen and oxygen atoms in total. The summed E-state index contributed by atoms with van der Waals surface area (Å²) in [5, 5.41) is 3.43. The first-order valence-corrected chi connectivity index (χ1v) is 7.11. The van der Waals surface area contributed by atoms with E-state index in [4.69, 9.17) is 16.3 Å². The zero-order valence-electron chi connectivity index (χ0n) is 8.80. The van der Waals surface area contributed by atoms with Gasteiger partial charge in [0.15, 0.2) is 0 Å². The number of nitrogens with one attached hydrogen (secondary N) is 1. The fraction of sp³-hybridized carbons (Fsp3) is 0.364. The molecular weight excluding hydrogens is 373 g/mol. The lowest BCUT2D eigenvalue weighted by molar-refractivity contribution is -0.124. The molecule has 1 aromatic rings. The zero-order valence-corrected chi connectivity index (χ0v) is 12.7. The third-order valence-corrected chi connectivity index (χ3v) is 3.95. The highest BCUT2D eigenvalue weighted by Crippen LogP contribution is 2.34. The molecule has 1 atom stereocenters. The van der Waals surface area contributed by atoms with Crippen LogP contribution >= 0.6 is 43.5 Å². The lowest BCUT2D eigenvalue weighted by Crippen LogP contribution is -2.27. The van der Waals surface area contributed by atoms with Gasteiger partial charge in [0.1, 0.15) is 6.10 Å². The van der Waals surface area contributed by atoms with Crippen molar-refractivity contribution in [3.63, 3.8) is 0 Å². The van der Waals surface area contributed by atoms with Gasteiger partial charge in [-0.05, 0) is 56.8 Å². The summed E-state index contributed by atoms with van der Waals surface area (Å²) in [7, 11) is 0. The molecule has 0 spiro atoms. The second-order valence-electron chi connectivity index (χ2n) is 3.74. The Morgan fingerprint density at radius 1 is 1.41 bits per heavy atom. The summed E-state index contributed by atoms with van der Waals surface area (Å²) in [6.07, 6.45) is 1.36. The number of hydrogen-bond donors (Lipinski definition) is 1. The van der Waals surface area contributed by atoms with Crippen molar-refractivity contribution < 1.29 is 9.53 Å². The summed E-state index contributed by atoms with van der Waals surface area (Å²) in [4.78, 5) is 11.9. The van der Waals surface area contributed by atoms with E-state index in [1.54, 1.807) is 12.1 Å². The van der Waals surface area contributed by atoms with Crippen molar-refractivity contribution in [2.45, 2.75) is 18.9 Å². The van der Waals surface area contributed by atoms with Gasteiger partial charge in [-0.1, -0.05) is 11.6 Å². The van der Waals surface area contributed by atoms with Crippen LogP contribution in [-0.2, 0) is 9.53 Å². The van der Waals surface area contributed by atoms with E-state index in [9.17, 15) is 4.79 Å². The highest BCUT2D eigenvalue weighted by molar-refractivity contribution is 9.11. The average molecular weight is 383 g/mol. The molecule has 1 N–H and O–H groups in total. The highest BCUT2D eigenvalue weighted by Gasteiger charge is 2.24. The molecule has 92 valence electrons. The van der Waals surface area contributed by atoms with Gasteiger partial charge in [0.05, 0.1) is 5.69 Å². The molecule has 1 aliphatic heterocycles. The maximum Gasteiger partial charge on any atom is 0.253 e. The minimum Gasteiger partial charge on any atom is -0.368 e. The highest BCUT2D eigenvalue weighted by atomic mass is 79.9. The Labute approximate surface area is 121 Å². The largest absolute Gasteiger partial charge is 0.368 e. The standard InChI is InChI=1S/C11H10Br2ClNO2/c12-7-4-6(14)5-8(13)10(7)15-11(16)9-2-1-3-17-9/h4-5,9H,1-3H2,(H,15,16)/t9-/m0/s1. The number of halogens is 3. The molecule has 0 aromatic heterocycles. The van der Waals surface area contributed by atoms with Crippen molar-refractivity contribution in [3.8, 4) is 0 Å². The molecule has 1 amide bonds. The first-order valence-electron chi connectivity index (χ1n) is 5.15. The Balaban J connectivity index is 2.15. The van der Waals surface area contributed by atoms with Crippen LogP contribution < -0.4 is 5.32 Å². The number of rotatable bonds is 2. The monoisotopic (exact) mass is 381 g/mol. The van der Waals surface area contributed by atoms with Gasteiger partial charge in [-0.25, -0.2) is 0 Å². The van der Waals surface area contributed by atoms with Gasteiger partial charge >= 0.3 is 0 Å². The maximum atomic E-state index is 11.9. The van der Waals surface area contributed by atoms with E-state index in [1.807, 2.05) is 0 Å². The van der Waals surface area contributed by atoms with Crippen molar-refractivity contribution in [1.82, 2.24) is 0 Å². The summed E-state index contributed by atoms with van der Waals surface area (Å²) in [5.74, 6) is -0.119. The molecule has 0 bridgehead atoms. The van der Waals surface area contributed by atoms with E-state index >= 15 is 0 Å². The second kappa shape index (κ2) is 5.69. The van der Waals surface area contributed by atoms with Gasteiger partial charge in [-0.3, -0.25) is 4.79 Å². The SMILES string of the molecule is O=C(Nc1c(Br)cc(Cl)cc1Br)[C@@H]1CCCO1. The van der Waals surface area contributed by atoms with E-state index < -0.39 is 0 Å². The molecule has 17 heavy (non-hydrogen) atoms. The first-order chi connectivity index (χ1) is 8.08. The number of hydrogen-bond acceptors (Lipinski definition) is 2. The van der Waals surface area contributed by atoms with Crippen LogP contribution in [0.3, 0.4) is 0 Å². The molecule has 0 aliphatic carbocycles. The molecule has 1 aromatic carbocycles. The molecule has 1 saturated heterocycles. The number of ether oxygens (including phenoxy) is 1. The van der Waals surface area contributed by atoms with Gasteiger partial charge in [-0.15, -0.1) is 0 Å². The van der Waals surface area contributed by atoms with Crippen LogP contribution in [-0.4, -0.2) is 18.6 Å². The average Bonchev–Trinajstić information content (AvgIpc) is 2.76. The van der Waals surface area contributed by atoms with Crippen molar-refractivity contribution in [3.05, 3.63) is 26.1 Å². The van der Waals surface area contributed by atoms with Crippen molar-refractivity contribution in [2.24, 2.45) is 0 Å². The van der Waals surface area contributed by atoms with Crippen LogP contribution in [0, 0.1) is 0 Å². The van der Waals surface area contributed by atoms with E-state index in [0.717, 1.165) is 21.8 Å². The van der Waals surface area contributed by atoms with Crippen molar-refractivity contribution >= 4 is 55.1 Å². The van der Waals surface area contributed by atoms with Crippen molar-refractivity contribution in [1.29, 1.82) is 0 Å². The summed E-state index contributed by atoms with van der Waals surface area (Å²) in [5.41, 5.74) is 0.676. The van der Waals surface area contributed by atoms with Gasteiger partial charge < -0.3 is 10.1 Å². The third kappa shape index (κ3) is 3.22. The lowest BCUT2D eigenvalue weighted by atomic mass is 10.2. The smallest absolute Gasteiger partial charge is 0.253 e. The van der Waals surface area contributed by atoms with Crippen LogP contribution in [0.4, 0.5) is 5.69 Å². The Kier molecular flexibility index (Phi) is 4.47.